The molecule has 0 bridgehead atoms. The SMILES string of the molecule is O=C1c2cccc3c(-c4ccc(-c5ccccn5)c5ccccc45)ccc(c23)C(=O)N1c1ccccc1.O=C1c2cccc3c(-c4ccc(-c5cccnc5)c5ccccc45)ccc(c23)C(=O)N1c1ccccc1.O=C1c2cccc3c(-c4ccc(-c5ccncc5)c5ccccc45)ccc(c23)C(=O)N1c1ccccc1. The number of fused-ring (bicyclic) bond motifs is 3. The number of hydrogen-bond acceptors (Lipinski definition) is 9. The maximum Gasteiger partial charge on any atom is 0.265 e. The van der Waals surface area contributed by atoms with Crippen molar-refractivity contribution >= 4 is 117 Å². The molecule has 3 aromatic heterocycles. The number of carbonyl (C=O) groups excluding carboxylic acids is 6. The first-order valence-corrected chi connectivity index (χ1v) is 36.4. The van der Waals surface area contributed by atoms with Crippen molar-refractivity contribution < 1.29 is 28.8 Å². The second-order valence-electron chi connectivity index (χ2n) is 27.3. The number of imide groups is 3. The van der Waals surface area contributed by atoms with Gasteiger partial charge in [0.1, 0.15) is 0 Å². The van der Waals surface area contributed by atoms with Crippen LogP contribution in [-0.4, -0.2) is 50.4 Å². The molecule has 6 amide bonds. The van der Waals surface area contributed by atoms with E-state index in [9.17, 15) is 28.8 Å². The fourth-order valence-electron chi connectivity index (χ4n) is 16.3. The lowest BCUT2D eigenvalue weighted by Gasteiger charge is -2.28. The molecule has 6 heterocycles. The van der Waals surface area contributed by atoms with E-state index in [4.69, 9.17) is 0 Å². The summed E-state index contributed by atoms with van der Waals surface area (Å²) in [5, 5.41) is 11.5. The minimum absolute atomic E-state index is 0.302. The third-order valence-corrected chi connectivity index (χ3v) is 21.3. The van der Waals surface area contributed by atoms with E-state index in [1.807, 2.05) is 225 Å². The van der Waals surface area contributed by atoms with E-state index in [0.717, 1.165) is 115 Å². The zero-order valence-corrected chi connectivity index (χ0v) is 59.3. The molecule has 0 unspecified atom stereocenters. The number of hydrogen-bond donors (Lipinski definition) is 0. The number of nitrogens with zero attached hydrogens (tertiary/aromatic N) is 6. The number of benzene rings is 15. The average molecular weight is 1430 g/mol. The van der Waals surface area contributed by atoms with Crippen molar-refractivity contribution in [3.05, 3.63) is 398 Å². The molecule has 0 atom stereocenters. The zero-order valence-electron chi connectivity index (χ0n) is 59.3. The number of carbonyl (C=O) groups is 6. The van der Waals surface area contributed by atoms with Crippen LogP contribution in [0.25, 0.3) is 132 Å². The lowest BCUT2D eigenvalue weighted by atomic mass is 9.86. The Labute approximate surface area is 636 Å². The Hall–Kier alpha value is -15.3. The second-order valence-corrected chi connectivity index (χ2v) is 27.3. The highest BCUT2D eigenvalue weighted by Crippen LogP contribution is 2.47. The van der Waals surface area contributed by atoms with Gasteiger partial charge < -0.3 is 0 Å². The maximum absolute atomic E-state index is 13.6. The van der Waals surface area contributed by atoms with Gasteiger partial charge in [0.2, 0.25) is 0 Å². The van der Waals surface area contributed by atoms with Gasteiger partial charge in [0.25, 0.3) is 35.4 Å². The number of aromatic nitrogens is 3. The summed E-state index contributed by atoms with van der Waals surface area (Å²) >= 11 is 0. The minimum Gasteiger partial charge on any atom is -0.268 e. The Morgan fingerprint density at radius 3 is 0.820 bits per heavy atom. The van der Waals surface area contributed by atoms with E-state index >= 15 is 0 Å². The van der Waals surface area contributed by atoms with Crippen molar-refractivity contribution in [1.29, 1.82) is 0 Å². The summed E-state index contributed by atoms with van der Waals surface area (Å²) < 4.78 is 0. The molecule has 522 valence electrons. The zero-order chi connectivity index (χ0) is 74.8. The van der Waals surface area contributed by atoms with Gasteiger partial charge in [-0.2, -0.15) is 0 Å². The van der Waals surface area contributed by atoms with E-state index in [-0.39, 0.29) is 35.4 Å². The fraction of sp³-hybridized carbons (Fsp3) is 0. The number of rotatable bonds is 9. The first kappa shape index (κ1) is 66.4. The van der Waals surface area contributed by atoms with Crippen LogP contribution in [0.2, 0.25) is 0 Å². The van der Waals surface area contributed by atoms with Gasteiger partial charge in [-0.25, -0.2) is 14.7 Å². The van der Waals surface area contributed by atoms with Gasteiger partial charge in [0, 0.05) is 91.7 Å². The van der Waals surface area contributed by atoms with Crippen molar-refractivity contribution in [3.8, 4) is 66.9 Å². The quantitative estimate of drug-likeness (QED) is 0.129. The highest BCUT2D eigenvalue weighted by atomic mass is 16.2. The molecule has 111 heavy (non-hydrogen) atoms. The van der Waals surface area contributed by atoms with Gasteiger partial charge >= 0.3 is 0 Å². The normalized spacial score (nSPS) is 12.9. The van der Waals surface area contributed by atoms with Gasteiger partial charge in [-0.15, -0.1) is 0 Å². The molecule has 0 saturated heterocycles. The molecule has 12 nitrogen and oxygen atoms in total. The van der Waals surface area contributed by atoms with Gasteiger partial charge in [-0.05, 0) is 202 Å². The van der Waals surface area contributed by atoms with E-state index in [1.165, 1.54) is 14.7 Å². The van der Waals surface area contributed by atoms with Crippen molar-refractivity contribution in [1.82, 2.24) is 15.0 Å². The maximum atomic E-state index is 13.6. The van der Waals surface area contributed by atoms with Crippen LogP contribution in [0.3, 0.4) is 0 Å². The molecule has 0 radical (unpaired) electrons. The van der Waals surface area contributed by atoms with E-state index in [1.54, 1.807) is 61.2 Å². The Kier molecular flexibility index (Phi) is 16.5. The Morgan fingerprint density at radius 2 is 0.468 bits per heavy atom. The third-order valence-electron chi connectivity index (χ3n) is 21.3. The molecule has 3 aliphatic heterocycles. The molecular weight excluding hydrogens is 1370 g/mol. The standard InChI is InChI=1S/3C33H20N2O2/c36-32-29-14-6-13-28-27(17-18-30(31(28)29)33(37)35(32)22-9-2-1-3-10-22)26-16-15-23(21-8-7-19-34-20-21)24-11-4-5-12-25(24)26;36-32-28-14-8-13-27-25(17-19-29(31(27)28)33(37)35(32)21-9-2-1-3-10-21)24-16-18-26(30-15-6-7-20-34-30)23-12-5-4-11-22(23)24;36-32-29-12-6-11-28-27(15-16-30(31(28)29)33(37)35(32)22-7-2-1-3-8-22)26-14-13-23(21-17-19-34-20-18-21)24-9-4-5-10-25(24)26/h3*1-20H. The van der Waals surface area contributed by atoms with Gasteiger partial charge in [0.05, 0.1) is 22.8 Å². The van der Waals surface area contributed by atoms with Crippen LogP contribution < -0.4 is 14.7 Å². The van der Waals surface area contributed by atoms with Crippen LogP contribution in [0.5, 0.6) is 0 Å². The molecule has 18 aromatic rings. The summed E-state index contributed by atoms with van der Waals surface area (Å²) in [4.78, 5) is 98.3. The topological polar surface area (TPSA) is 151 Å². The highest BCUT2D eigenvalue weighted by Gasteiger charge is 2.38. The predicted molar refractivity (Wildman–Crippen MR) is 443 cm³/mol. The molecule has 3 aliphatic rings. The highest BCUT2D eigenvalue weighted by molar-refractivity contribution is 6.39. The fourth-order valence-corrected chi connectivity index (χ4v) is 16.3. The summed E-state index contributed by atoms with van der Waals surface area (Å²) in [5.74, 6) is -1.82. The van der Waals surface area contributed by atoms with Gasteiger partial charge in [-0.3, -0.25) is 43.7 Å². The summed E-state index contributed by atoms with van der Waals surface area (Å²) in [6.45, 7) is 0. The molecule has 0 spiro atoms. The average Bonchev–Trinajstić information content (AvgIpc) is 0.734. The van der Waals surface area contributed by atoms with Gasteiger partial charge in [0.15, 0.2) is 0 Å². The van der Waals surface area contributed by atoms with E-state index < -0.39 is 0 Å². The summed E-state index contributed by atoms with van der Waals surface area (Å²) in [6.07, 6.45) is 9.06. The lowest BCUT2D eigenvalue weighted by molar-refractivity contribution is 0.0877. The Balaban J connectivity index is 0.000000112. The number of anilines is 3. The molecule has 0 N–H and O–H groups in total. The molecule has 12 heteroatoms. The number of para-hydroxylation sites is 3. The molecule has 21 rings (SSSR count). The van der Waals surface area contributed by atoms with Crippen molar-refractivity contribution in [2.24, 2.45) is 0 Å². The molecule has 0 aliphatic carbocycles. The first-order chi connectivity index (χ1) is 54.7. The Bertz CT molecular complexity index is 6180. The monoisotopic (exact) mass is 1430 g/mol. The van der Waals surface area contributed by atoms with Crippen molar-refractivity contribution in [2.75, 3.05) is 14.7 Å². The van der Waals surface area contributed by atoms with Crippen LogP contribution in [0.1, 0.15) is 62.1 Å². The van der Waals surface area contributed by atoms with E-state index in [0.29, 0.717) is 66.6 Å². The summed E-state index contributed by atoms with van der Waals surface area (Å²) in [5.41, 5.74) is 17.4. The van der Waals surface area contributed by atoms with Crippen LogP contribution in [0.15, 0.2) is 365 Å². The van der Waals surface area contributed by atoms with Crippen LogP contribution in [0, 0.1) is 0 Å². The smallest absolute Gasteiger partial charge is 0.265 e. The van der Waals surface area contributed by atoms with Gasteiger partial charge in [-0.1, -0.05) is 231 Å². The van der Waals surface area contributed by atoms with Crippen molar-refractivity contribution in [2.45, 2.75) is 0 Å². The first-order valence-electron chi connectivity index (χ1n) is 36.4. The largest absolute Gasteiger partial charge is 0.268 e. The minimum atomic E-state index is -0.304. The second kappa shape index (κ2) is 27.6. The molecule has 0 saturated carbocycles. The van der Waals surface area contributed by atoms with Crippen LogP contribution in [0.4, 0.5) is 17.1 Å². The van der Waals surface area contributed by atoms with Crippen LogP contribution in [-0.2, 0) is 0 Å². The third kappa shape index (κ3) is 11.2. The lowest BCUT2D eigenvalue weighted by Crippen LogP contribution is -2.40. The molecule has 0 fully saturated rings. The molecular formula is C99H60N6O6. The summed E-state index contributed by atoms with van der Waals surface area (Å²) in [7, 11) is 0. The Morgan fingerprint density at radius 1 is 0.180 bits per heavy atom. The molecule has 15 aromatic carbocycles. The number of pyridine rings is 3. The summed E-state index contributed by atoms with van der Waals surface area (Å²) in [6, 6.07) is 108. The van der Waals surface area contributed by atoms with Crippen molar-refractivity contribution in [3.63, 3.8) is 0 Å². The number of amides is 6. The van der Waals surface area contributed by atoms with E-state index in [2.05, 4.69) is 93.8 Å². The van der Waals surface area contributed by atoms with Crippen LogP contribution >= 0.6 is 0 Å². The predicted octanol–water partition coefficient (Wildman–Crippen LogP) is 22.6.